The molecule has 1 aliphatic heterocycles. The van der Waals surface area contributed by atoms with Crippen molar-refractivity contribution in [1.29, 1.82) is 0 Å². The normalized spacial score (nSPS) is 16.6. The average molecular weight is 340 g/mol. The number of hydrogen-bond acceptors (Lipinski definition) is 4. The second-order valence-corrected chi connectivity index (χ2v) is 5.70. The molecule has 0 bridgehead atoms. The molecule has 2 aromatic rings. The number of hydrogen-bond donors (Lipinski definition) is 0. The lowest BCUT2D eigenvalue weighted by molar-refractivity contribution is 0.0358. The highest BCUT2D eigenvalue weighted by Crippen LogP contribution is 2.20. The highest BCUT2D eigenvalue weighted by Gasteiger charge is 2.09. The lowest BCUT2D eigenvalue weighted by Crippen LogP contribution is -2.37. The van der Waals surface area contributed by atoms with Gasteiger partial charge in [0, 0.05) is 19.6 Å². The van der Waals surface area contributed by atoms with Crippen LogP contribution in [0.15, 0.2) is 29.0 Å². The number of rotatable bonds is 5. The minimum Gasteiger partial charge on any atom is -0.492 e. The highest BCUT2D eigenvalue weighted by molar-refractivity contribution is 9.10. The van der Waals surface area contributed by atoms with E-state index in [0.717, 1.165) is 61.6 Å². The number of nitrogens with zero attached hydrogens (tertiary/aromatic N) is 3. The molecular formula is C14H18BrN3O2. The van der Waals surface area contributed by atoms with E-state index >= 15 is 0 Å². The molecule has 0 unspecified atom stereocenters. The molecule has 0 saturated carbocycles. The molecule has 0 radical (unpaired) electrons. The molecule has 3 rings (SSSR count). The molecule has 1 fully saturated rings. The number of fused-ring (bicyclic) bond motifs is 1. The van der Waals surface area contributed by atoms with Crippen LogP contribution in [0.1, 0.15) is 6.42 Å². The summed E-state index contributed by atoms with van der Waals surface area (Å²) in [5, 5.41) is 4.25. The van der Waals surface area contributed by atoms with E-state index in [1.807, 2.05) is 22.8 Å². The molecule has 2 aromatic heterocycles. The minimum absolute atomic E-state index is 0.727. The van der Waals surface area contributed by atoms with Gasteiger partial charge >= 0.3 is 0 Å². The Balaban J connectivity index is 1.47. The van der Waals surface area contributed by atoms with Gasteiger partial charge < -0.3 is 9.47 Å². The zero-order chi connectivity index (χ0) is 13.8. The summed E-state index contributed by atoms with van der Waals surface area (Å²) in [5.41, 5.74) is 1.05. The number of pyridine rings is 1. The fraction of sp³-hybridized carbons (Fsp3) is 0.500. The summed E-state index contributed by atoms with van der Waals surface area (Å²) in [6.45, 7) is 5.57. The second-order valence-electron chi connectivity index (χ2n) is 4.84. The van der Waals surface area contributed by atoms with Gasteiger partial charge in [-0.05, 0) is 34.5 Å². The molecule has 0 aromatic carbocycles. The molecule has 0 aliphatic carbocycles. The van der Waals surface area contributed by atoms with Gasteiger partial charge in [-0.25, -0.2) is 4.52 Å². The molecule has 3 heterocycles. The van der Waals surface area contributed by atoms with Crippen LogP contribution in [-0.4, -0.2) is 54.0 Å². The Labute approximate surface area is 126 Å². The summed E-state index contributed by atoms with van der Waals surface area (Å²) in [6, 6.07) is 3.99. The Kier molecular flexibility index (Phi) is 4.54. The Morgan fingerprint density at radius 3 is 3.00 bits per heavy atom. The van der Waals surface area contributed by atoms with Gasteiger partial charge in [0.15, 0.2) is 0 Å². The molecule has 0 spiro atoms. The van der Waals surface area contributed by atoms with Crippen molar-refractivity contribution in [2.24, 2.45) is 0 Å². The van der Waals surface area contributed by atoms with Crippen molar-refractivity contribution in [3.05, 3.63) is 29.0 Å². The first-order valence-electron chi connectivity index (χ1n) is 6.89. The molecule has 1 saturated heterocycles. The maximum atomic E-state index is 5.78. The van der Waals surface area contributed by atoms with Crippen molar-refractivity contribution in [2.75, 3.05) is 39.5 Å². The zero-order valence-corrected chi connectivity index (χ0v) is 12.9. The Morgan fingerprint density at radius 2 is 2.15 bits per heavy atom. The average Bonchev–Trinajstić information content (AvgIpc) is 2.86. The van der Waals surface area contributed by atoms with Crippen molar-refractivity contribution in [3.63, 3.8) is 0 Å². The Hall–Kier alpha value is -1.11. The summed E-state index contributed by atoms with van der Waals surface area (Å²) in [6.07, 6.45) is 4.73. The van der Waals surface area contributed by atoms with Gasteiger partial charge in [-0.15, -0.1) is 0 Å². The van der Waals surface area contributed by atoms with Gasteiger partial charge in [-0.1, -0.05) is 0 Å². The summed E-state index contributed by atoms with van der Waals surface area (Å²) >= 11 is 3.46. The minimum atomic E-state index is 0.727. The number of aromatic nitrogens is 2. The maximum absolute atomic E-state index is 5.78. The van der Waals surface area contributed by atoms with Crippen LogP contribution in [0.25, 0.3) is 5.52 Å². The van der Waals surface area contributed by atoms with E-state index in [4.69, 9.17) is 9.47 Å². The maximum Gasteiger partial charge on any atom is 0.137 e. The lowest BCUT2D eigenvalue weighted by Gasteiger charge is -2.26. The van der Waals surface area contributed by atoms with Crippen molar-refractivity contribution >= 4 is 21.4 Å². The third-order valence-corrected chi connectivity index (χ3v) is 4.04. The van der Waals surface area contributed by atoms with Gasteiger partial charge in [0.05, 0.1) is 42.2 Å². The van der Waals surface area contributed by atoms with E-state index in [9.17, 15) is 0 Å². The summed E-state index contributed by atoms with van der Waals surface area (Å²) in [7, 11) is 0. The topological polar surface area (TPSA) is 39.0 Å². The molecular weight excluding hydrogens is 322 g/mol. The van der Waals surface area contributed by atoms with Gasteiger partial charge in [-0.3, -0.25) is 4.90 Å². The third-order valence-electron chi connectivity index (χ3n) is 3.43. The Morgan fingerprint density at radius 1 is 1.30 bits per heavy atom. The third kappa shape index (κ3) is 3.31. The largest absolute Gasteiger partial charge is 0.492 e. The predicted octanol–water partition coefficient (Wildman–Crippen LogP) is 2.20. The first-order valence-corrected chi connectivity index (χ1v) is 7.68. The smallest absolute Gasteiger partial charge is 0.137 e. The van der Waals surface area contributed by atoms with E-state index in [1.54, 1.807) is 6.20 Å². The molecule has 1 aliphatic rings. The van der Waals surface area contributed by atoms with E-state index in [1.165, 1.54) is 0 Å². The monoisotopic (exact) mass is 339 g/mol. The van der Waals surface area contributed by atoms with Crippen LogP contribution < -0.4 is 4.74 Å². The molecule has 0 atom stereocenters. The Bertz CT molecular complexity index is 567. The van der Waals surface area contributed by atoms with Crippen LogP contribution in [0.2, 0.25) is 0 Å². The molecule has 20 heavy (non-hydrogen) atoms. The highest BCUT2D eigenvalue weighted by atomic mass is 79.9. The summed E-state index contributed by atoms with van der Waals surface area (Å²) in [5.74, 6) is 0.857. The molecule has 6 heteroatoms. The van der Waals surface area contributed by atoms with Crippen molar-refractivity contribution in [3.8, 4) is 5.75 Å². The van der Waals surface area contributed by atoms with Gasteiger partial charge in [0.1, 0.15) is 5.75 Å². The van der Waals surface area contributed by atoms with Crippen LogP contribution in [-0.2, 0) is 4.74 Å². The summed E-state index contributed by atoms with van der Waals surface area (Å²) in [4.78, 5) is 2.42. The number of halogens is 1. The van der Waals surface area contributed by atoms with Crippen molar-refractivity contribution < 1.29 is 9.47 Å². The van der Waals surface area contributed by atoms with Gasteiger partial charge in [-0.2, -0.15) is 5.10 Å². The SMILES string of the molecule is Brc1cnn2cc(OCCCN3CCOCC3)ccc12. The van der Waals surface area contributed by atoms with Crippen LogP contribution in [0, 0.1) is 0 Å². The van der Waals surface area contributed by atoms with Crippen LogP contribution >= 0.6 is 15.9 Å². The summed E-state index contributed by atoms with van der Waals surface area (Å²) < 4.78 is 13.9. The molecule has 0 amide bonds. The van der Waals surface area contributed by atoms with Gasteiger partial charge in [0.25, 0.3) is 0 Å². The van der Waals surface area contributed by atoms with Gasteiger partial charge in [0.2, 0.25) is 0 Å². The quantitative estimate of drug-likeness (QED) is 0.783. The van der Waals surface area contributed by atoms with E-state index in [-0.39, 0.29) is 0 Å². The number of ether oxygens (including phenoxy) is 2. The molecule has 0 N–H and O–H groups in total. The molecule has 5 nitrogen and oxygen atoms in total. The van der Waals surface area contributed by atoms with Crippen LogP contribution in [0.3, 0.4) is 0 Å². The fourth-order valence-electron chi connectivity index (χ4n) is 2.32. The first-order chi connectivity index (χ1) is 9.83. The molecule has 108 valence electrons. The van der Waals surface area contributed by atoms with E-state index in [2.05, 4.69) is 25.9 Å². The number of morpholine rings is 1. The van der Waals surface area contributed by atoms with Crippen molar-refractivity contribution in [1.82, 2.24) is 14.5 Å². The van der Waals surface area contributed by atoms with E-state index in [0.29, 0.717) is 0 Å². The van der Waals surface area contributed by atoms with Crippen LogP contribution in [0.4, 0.5) is 0 Å². The standard InChI is InChI=1S/C14H18BrN3O2/c15-13-10-16-18-11-12(2-3-14(13)18)20-7-1-4-17-5-8-19-9-6-17/h2-3,10-11H,1,4-9H2. The van der Waals surface area contributed by atoms with Crippen LogP contribution in [0.5, 0.6) is 5.75 Å². The predicted molar refractivity (Wildman–Crippen MR) is 80.3 cm³/mol. The van der Waals surface area contributed by atoms with E-state index < -0.39 is 0 Å². The lowest BCUT2D eigenvalue weighted by atomic mass is 10.3. The first kappa shape index (κ1) is 13.9. The van der Waals surface area contributed by atoms with Crippen molar-refractivity contribution in [2.45, 2.75) is 6.42 Å². The second kappa shape index (κ2) is 6.56. The fourth-order valence-corrected chi connectivity index (χ4v) is 2.73. The zero-order valence-electron chi connectivity index (χ0n) is 11.3.